The highest BCUT2D eigenvalue weighted by Gasteiger charge is 2.12. The fourth-order valence-electron chi connectivity index (χ4n) is 1.01. The number of carboxylic acids is 1. The van der Waals surface area contributed by atoms with Crippen LogP contribution in [0, 0.1) is 9.62 Å². The Bertz CT molecular complexity index is 320. The second-order valence-electron chi connectivity index (χ2n) is 3.25. The van der Waals surface area contributed by atoms with Crippen molar-refractivity contribution in [1.29, 1.82) is 0 Å². The maximum Gasteiger partial charge on any atom is 0.340 e. The zero-order valence-corrected chi connectivity index (χ0v) is 9.65. The molecule has 0 aliphatic rings. The fourth-order valence-corrected chi connectivity index (χ4v) is 1.66. The van der Waals surface area contributed by atoms with Crippen LogP contribution in [0.25, 0.3) is 0 Å². The highest BCUT2D eigenvalue weighted by molar-refractivity contribution is 14.1. The third-order valence-electron chi connectivity index (χ3n) is 1.50. The van der Waals surface area contributed by atoms with E-state index in [0.717, 1.165) is 6.54 Å². The minimum atomic E-state index is -0.917. The summed E-state index contributed by atoms with van der Waals surface area (Å²) in [7, 11) is 0. The molecule has 0 bridgehead atoms. The second-order valence-corrected chi connectivity index (χ2v) is 4.28. The summed E-state index contributed by atoms with van der Waals surface area (Å²) >= 11 is 1.93. The number of aromatic carboxylic acids is 1. The van der Waals surface area contributed by atoms with Crippen LogP contribution in [0.4, 0.5) is 0 Å². The topological polar surface area (TPSA) is 55.1 Å². The number of carbonyl (C=O) groups is 1. The summed E-state index contributed by atoms with van der Waals surface area (Å²) in [4.78, 5) is 10.7. The van der Waals surface area contributed by atoms with E-state index >= 15 is 0 Å². The van der Waals surface area contributed by atoms with E-state index in [0.29, 0.717) is 9.62 Å². The predicted octanol–water partition coefficient (Wildman–Crippen LogP) is 1.84. The molecule has 0 radical (unpaired) electrons. The minimum Gasteiger partial charge on any atom is -0.478 e. The lowest BCUT2D eigenvalue weighted by Crippen LogP contribution is -2.04. The Balaban J connectivity index is 2.89. The first kappa shape index (κ1) is 10.5. The Labute approximate surface area is 90.1 Å². The summed E-state index contributed by atoms with van der Waals surface area (Å²) in [6.45, 7) is 4.88. The Kier molecular flexibility index (Phi) is 3.29. The van der Waals surface area contributed by atoms with Gasteiger partial charge < -0.3 is 5.11 Å². The van der Waals surface area contributed by atoms with E-state index in [4.69, 9.17) is 5.11 Å². The van der Waals surface area contributed by atoms with Crippen molar-refractivity contribution in [3.63, 3.8) is 0 Å². The number of halogens is 1. The van der Waals surface area contributed by atoms with Crippen molar-refractivity contribution >= 4 is 28.6 Å². The van der Waals surface area contributed by atoms with Crippen molar-refractivity contribution in [2.75, 3.05) is 0 Å². The van der Waals surface area contributed by atoms with Crippen LogP contribution in [0.5, 0.6) is 0 Å². The number of hydrogen-bond acceptors (Lipinski definition) is 2. The van der Waals surface area contributed by atoms with Gasteiger partial charge in [0.25, 0.3) is 0 Å². The molecule has 0 spiro atoms. The van der Waals surface area contributed by atoms with Gasteiger partial charge in [-0.3, -0.25) is 4.68 Å². The number of hydrogen-bond donors (Lipinski definition) is 1. The van der Waals surface area contributed by atoms with Crippen LogP contribution in [0.3, 0.4) is 0 Å². The third kappa shape index (κ3) is 2.68. The maximum absolute atomic E-state index is 10.7. The largest absolute Gasteiger partial charge is 0.478 e. The first-order chi connectivity index (χ1) is 6.00. The molecule has 72 valence electrons. The third-order valence-corrected chi connectivity index (χ3v) is 2.30. The molecule has 1 aromatic heterocycles. The van der Waals surface area contributed by atoms with Crippen molar-refractivity contribution in [3.8, 4) is 0 Å². The van der Waals surface area contributed by atoms with Crippen molar-refractivity contribution in [2.24, 2.45) is 5.92 Å². The van der Waals surface area contributed by atoms with E-state index in [1.807, 2.05) is 22.6 Å². The minimum absolute atomic E-state index is 0.279. The van der Waals surface area contributed by atoms with Gasteiger partial charge in [0.2, 0.25) is 0 Å². The molecule has 0 unspecified atom stereocenters. The molecule has 4 nitrogen and oxygen atoms in total. The first-order valence-corrected chi connectivity index (χ1v) is 5.05. The molecule has 0 aromatic carbocycles. The zero-order chi connectivity index (χ0) is 10.0. The van der Waals surface area contributed by atoms with E-state index in [9.17, 15) is 4.79 Å². The first-order valence-electron chi connectivity index (χ1n) is 3.97. The van der Waals surface area contributed by atoms with Gasteiger partial charge in [-0.05, 0) is 28.5 Å². The molecule has 1 N–H and O–H groups in total. The van der Waals surface area contributed by atoms with Gasteiger partial charge in [-0.25, -0.2) is 4.79 Å². The van der Waals surface area contributed by atoms with Crippen LogP contribution < -0.4 is 0 Å². The van der Waals surface area contributed by atoms with E-state index < -0.39 is 5.97 Å². The predicted molar refractivity (Wildman–Crippen MR) is 56.7 cm³/mol. The summed E-state index contributed by atoms with van der Waals surface area (Å²) in [5.41, 5.74) is 0.279. The molecular formula is C8H11IN2O2. The van der Waals surface area contributed by atoms with Crippen LogP contribution in [0.15, 0.2) is 6.20 Å². The van der Waals surface area contributed by atoms with Crippen molar-refractivity contribution in [1.82, 2.24) is 9.78 Å². The molecular weight excluding hydrogens is 283 g/mol. The Morgan fingerprint density at radius 3 is 2.77 bits per heavy atom. The lowest BCUT2D eigenvalue weighted by Gasteiger charge is -2.02. The van der Waals surface area contributed by atoms with Gasteiger partial charge in [-0.2, -0.15) is 5.10 Å². The van der Waals surface area contributed by atoms with Gasteiger partial charge in [-0.15, -0.1) is 0 Å². The van der Waals surface area contributed by atoms with Crippen molar-refractivity contribution in [2.45, 2.75) is 20.4 Å². The normalized spacial score (nSPS) is 10.8. The fraction of sp³-hybridized carbons (Fsp3) is 0.500. The second kappa shape index (κ2) is 4.08. The smallest absolute Gasteiger partial charge is 0.340 e. The molecule has 0 aliphatic carbocycles. The number of carboxylic acid groups (broad SMARTS) is 1. The van der Waals surface area contributed by atoms with Crippen LogP contribution in [0.1, 0.15) is 24.2 Å². The molecule has 0 saturated carbocycles. The van der Waals surface area contributed by atoms with Crippen LogP contribution in [-0.4, -0.2) is 20.9 Å². The van der Waals surface area contributed by atoms with Crippen molar-refractivity contribution in [3.05, 3.63) is 15.5 Å². The van der Waals surface area contributed by atoms with E-state index in [2.05, 4.69) is 18.9 Å². The van der Waals surface area contributed by atoms with E-state index in [-0.39, 0.29) is 5.56 Å². The Hall–Kier alpha value is -0.590. The highest BCUT2D eigenvalue weighted by atomic mass is 127. The zero-order valence-electron chi connectivity index (χ0n) is 7.49. The van der Waals surface area contributed by atoms with Crippen molar-refractivity contribution < 1.29 is 9.90 Å². The summed E-state index contributed by atoms with van der Waals surface area (Å²) in [6.07, 6.45) is 1.57. The van der Waals surface area contributed by atoms with Gasteiger partial charge in [0.1, 0.15) is 9.26 Å². The molecule has 1 rings (SSSR count). The quantitative estimate of drug-likeness (QED) is 0.865. The number of nitrogens with zero attached hydrogens (tertiary/aromatic N) is 2. The average molecular weight is 294 g/mol. The lowest BCUT2D eigenvalue weighted by molar-refractivity contribution is 0.0695. The molecule has 5 heteroatoms. The summed E-state index contributed by atoms with van der Waals surface area (Å²) in [5, 5.41) is 12.8. The van der Waals surface area contributed by atoms with Crippen LogP contribution in [0.2, 0.25) is 0 Å². The Morgan fingerprint density at radius 1 is 1.77 bits per heavy atom. The summed E-state index contributed by atoms with van der Waals surface area (Å²) in [6, 6.07) is 0. The van der Waals surface area contributed by atoms with Crippen LogP contribution in [-0.2, 0) is 6.54 Å². The van der Waals surface area contributed by atoms with Gasteiger partial charge in [-0.1, -0.05) is 13.8 Å². The molecule has 1 heterocycles. The molecule has 0 atom stereocenters. The summed E-state index contributed by atoms with van der Waals surface area (Å²) < 4.78 is 2.22. The van der Waals surface area contributed by atoms with E-state index in [1.165, 1.54) is 0 Å². The van der Waals surface area contributed by atoms with Gasteiger partial charge >= 0.3 is 5.97 Å². The van der Waals surface area contributed by atoms with Gasteiger partial charge in [0.05, 0.1) is 0 Å². The SMILES string of the molecule is CC(C)Cn1cc(C(=O)O)c(I)n1. The maximum atomic E-state index is 10.7. The average Bonchev–Trinajstić information content (AvgIpc) is 2.29. The summed E-state index contributed by atoms with van der Waals surface area (Å²) in [5.74, 6) is -0.447. The molecule has 0 amide bonds. The monoisotopic (exact) mass is 294 g/mol. The van der Waals surface area contributed by atoms with Crippen LogP contribution >= 0.6 is 22.6 Å². The Morgan fingerprint density at radius 2 is 2.38 bits per heavy atom. The number of aromatic nitrogens is 2. The molecule has 0 fully saturated rings. The molecule has 0 aliphatic heterocycles. The molecule has 1 aromatic rings. The van der Waals surface area contributed by atoms with E-state index in [1.54, 1.807) is 10.9 Å². The lowest BCUT2D eigenvalue weighted by atomic mass is 10.2. The molecule has 0 saturated heterocycles. The molecule has 13 heavy (non-hydrogen) atoms. The van der Waals surface area contributed by atoms with Gasteiger partial charge in [0.15, 0.2) is 0 Å². The standard InChI is InChI=1S/C8H11IN2O2/c1-5(2)3-11-4-6(8(12)13)7(9)10-11/h4-5H,3H2,1-2H3,(H,12,13). The number of rotatable bonds is 3. The van der Waals surface area contributed by atoms with Gasteiger partial charge in [0, 0.05) is 12.7 Å². The highest BCUT2D eigenvalue weighted by Crippen LogP contribution is 2.10.